The van der Waals surface area contributed by atoms with Crippen LogP contribution in [0, 0.1) is 0 Å². The lowest BCUT2D eigenvalue weighted by Gasteiger charge is -1.94. The minimum Gasteiger partial charge on any atom is -0.335 e. The minimum absolute atomic E-state index is 1.00. The van der Waals surface area contributed by atoms with Gasteiger partial charge in [0.05, 0.1) is 0 Å². The second-order valence-electron chi connectivity index (χ2n) is 3.29. The van der Waals surface area contributed by atoms with Gasteiger partial charge in [0.2, 0.25) is 0 Å². The summed E-state index contributed by atoms with van der Waals surface area (Å²) >= 11 is 0. The average Bonchev–Trinajstić information content (AvgIpc) is 2.45. The van der Waals surface area contributed by atoms with Crippen molar-refractivity contribution in [2.45, 2.75) is 19.8 Å². The lowest BCUT2D eigenvalue weighted by atomic mass is 10.2. The maximum Gasteiger partial charge on any atom is 0.131 e. The summed E-state index contributed by atoms with van der Waals surface area (Å²) in [6, 6.07) is 0. The monoisotopic (exact) mass is 176 g/mol. The molecule has 1 aromatic heterocycles. The molecule has 2 nitrogen and oxygen atoms in total. The molecule has 0 atom stereocenters. The summed E-state index contributed by atoms with van der Waals surface area (Å²) in [7, 11) is 1.99. The van der Waals surface area contributed by atoms with Gasteiger partial charge in [-0.1, -0.05) is 11.6 Å². The Kier molecular flexibility index (Phi) is 3.50. The number of hydrogen-bond donors (Lipinski definition) is 0. The third kappa shape index (κ3) is 3.28. The summed E-state index contributed by atoms with van der Waals surface area (Å²) in [6.07, 6.45) is 10.0. The molecule has 0 bridgehead atoms. The zero-order chi connectivity index (χ0) is 9.68. The Morgan fingerprint density at radius 1 is 1.69 bits per heavy atom. The van der Waals surface area contributed by atoms with Gasteiger partial charge in [-0.2, -0.15) is 0 Å². The Morgan fingerprint density at radius 2 is 2.46 bits per heavy atom. The van der Waals surface area contributed by atoms with Crippen molar-refractivity contribution in [2.24, 2.45) is 7.05 Å². The highest BCUT2D eigenvalue weighted by molar-refractivity contribution is 5.40. The van der Waals surface area contributed by atoms with Gasteiger partial charge in [0.15, 0.2) is 0 Å². The van der Waals surface area contributed by atoms with Crippen LogP contribution in [0.5, 0.6) is 0 Å². The fraction of sp³-hybridized carbons (Fsp3) is 0.364. The minimum atomic E-state index is 1.00. The molecular weight excluding hydrogens is 160 g/mol. The van der Waals surface area contributed by atoms with Crippen LogP contribution in [0.25, 0.3) is 6.08 Å². The van der Waals surface area contributed by atoms with Crippen LogP contribution in [-0.4, -0.2) is 9.55 Å². The fourth-order valence-corrected chi connectivity index (χ4v) is 1.06. The Balaban J connectivity index is 2.41. The summed E-state index contributed by atoms with van der Waals surface area (Å²) in [5, 5.41) is 0. The highest BCUT2D eigenvalue weighted by Gasteiger charge is 1.91. The van der Waals surface area contributed by atoms with Crippen LogP contribution in [0.2, 0.25) is 0 Å². The van der Waals surface area contributed by atoms with Crippen molar-refractivity contribution in [3.05, 3.63) is 36.4 Å². The van der Waals surface area contributed by atoms with E-state index in [0.29, 0.717) is 0 Å². The standard InChI is InChI=1S/C11H16N2/c1-10(2)6-4-5-7-11-12-8-9-13(11)3/h5,7-9H,1,4,6H2,2-3H3/b7-5+. The molecule has 70 valence electrons. The zero-order valence-electron chi connectivity index (χ0n) is 8.33. The Labute approximate surface area is 79.6 Å². The van der Waals surface area contributed by atoms with E-state index in [4.69, 9.17) is 0 Å². The van der Waals surface area contributed by atoms with Gasteiger partial charge in [-0.15, -0.1) is 6.58 Å². The first-order valence-corrected chi connectivity index (χ1v) is 4.48. The Bertz CT molecular complexity index is 308. The molecule has 13 heavy (non-hydrogen) atoms. The Hall–Kier alpha value is -1.31. The van der Waals surface area contributed by atoms with Crippen LogP contribution in [0.15, 0.2) is 30.6 Å². The average molecular weight is 176 g/mol. The van der Waals surface area contributed by atoms with E-state index >= 15 is 0 Å². The van der Waals surface area contributed by atoms with Crippen molar-refractivity contribution in [1.82, 2.24) is 9.55 Å². The summed E-state index contributed by atoms with van der Waals surface area (Å²) in [5.41, 5.74) is 1.23. The number of nitrogens with zero attached hydrogens (tertiary/aromatic N) is 2. The van der Waals surface area contributed by atoms with Gasteiger partial charge in [0, 0.05) is 19.4 Å². The molecule has 0 amide bonds. The van der Waals surface area contributed by atoms with Crippen LogP contribution in [0.3, 0.4) is 0 Å². The summed E-state index contributed by atoms with van der Waals surface area (Å²) in [4.78, 5) is 4.19. The molecule has 0 saturated heterocycles. The maximum absolute atomic E-state index is 4.19. The van der Waals surface area contributed by atoms with E-state index in [1.807, 2.05) is 23.9 Å². The lowest BCUT2D eigenvalue weighted by Crippen LogP contribution is -1.88. The van der Waals surface area contributed by atoms with E-state index in [-0.39, 0.29) is 0 Å². The number of aromatic nitrogens is 2. The van der Waals surface area contributed by atoms with Crippen molar-refractivity contribution < 1.29 is 0 Å². The largest absolute Gasteiger partial charge is 0.335 e. The second-order valence-corrected chi connectivity index (χ2v) is 3.29. The molecule has 0 radical (unpaired) electrons. The molecule has 0 aliphatic heterocycles. The number of rotatable bonds is 4. The number of imidazole rings is 1. The van der Waals surface area contributed by atoms with Crippen LogP contribution in [-0.2, 0) is 7.05 Å². The smallest absolute Gasteiger partial charge is 0.131 e. The molecular formula is C11H16N2. The zero-order valence-corrected chi connectivity index (χ0v) is 8.33. The molecule has 0 aliphatic carbocycles. The highest BCUT2D eigenvalue weighted by atomic mass is 15.0. The van der Waals surface area contributed by atoms with Crippen molar-refractivity contribution >= 4 is 6.08 Å². The summed E-state index contributed by atoms with van der Waals surface area (Å²) < 4.78 is 2.00. The summed E-state index contributed by atoms with van der Waals surface area (Å²) in [6.45, 7) is 5.90. The van der Waals surface area contributed by atoms with E-state index in [1.54, 1.807) is 6.20 Å². The number of aryl methyl sites for hydroxylation is 1. The van der Waals surface area contributed by atoms with Crippen molar-refractivity contribution in [3.8, 4) is 0 Å². The SMILES string of the molecule is C=C(C)CC/C=C/c1nccn1C. The third-order valence-electron chi connectivity index (χ3n) is 1.86. The molecule has 2 heteroatoms. The molecule has 0 unspecified atom stereocenters. The van der Waals surface area contributed by atoms with E-state index in [0.717, 1.165) is 18.7 Å². The maximum atomic E-state index is 4.19. The van der Waals surface area contributed by atoms with Crippen LogP contribution < -0.4 is 0 Å². The first kappa shape index (κ1) is 9.78. The second kappa shape index (κ2) is 4.65. The molecule has 0 N–H and O–H groups in total. The van der Waals surface area contributed by atoms with Gasteiger partial charge >= 0.3 is 0 Å². The van der Waals surface area contributed by atoms with Gasteiger partial charge in [0.25, 0.3) is 0 Å². The lowest BCUT2D eigenvalue weighted by molar-refractivity contribution is 0.895. The molecule has 0 aliphatic rings. The quantitative estimate of drug-likeness (QED) is 0.645. The normalized spacial score (nSPS) is 10.9. The number of allylic oxidation sites excluding steroid dienone is 2. The van der Waals surface area contributed by atoms with E-state index < -0.39 is 0 Å². The molecule has 0 spiro atoms. The van der Waals surface area contributed by atoms with E-state index in [1.165, 1.54) is 5.57 Å². The first-order valence-electron chi connectivity index (χ1n) is 4.48. The summed E-state index contributed by atoms with van der Waals surface area (Å²) in [5.74, 6) is 1.00. The molecule has 0 fully saturated rings. The predicted octanol–water partition coefficient (Wildman–Crippen LogP) is 2.79. The Morgan fingerprint density at radius 3 is 3.00 bits per heavy atom. The number of hydrogen-bond acceptors (Lipinski definition) is 1. The van der Waals surface area contributed by atoms with E-state index in [2.05, 4.69) is 24.6 Å². The van der Waals surface area contributed by atoms with Gasteiger partial charge < -0.3 is 4.57 Å². The molecule has 0 saturated carbocycles. The predicted molar refractivity (Wildman–Crippen MR) is 56.3 cm³/mol. The van der Waals surface area contributed by atoms with E-state index in [9.17, 15) is 0 Å². The van der Waals surface area contributed by atoms with Crippen molar-refractivity contribution in [2.75, 3.05) is 0 Å². The highest BCUT2D eigenvalue weighted by Crippen LogP contribution is 2.04. The van der Waals surface area contributed by atoms with Gasteiger partial charge in [-0.05, 0) is 25.8 Å². The van der Waals surface area contributed by atoms with Gasteiger partial charge in [0.1, 0.15) is 5.82 Å². The van der Waals surface area contributed by atoms with Crippen molar-refractivity contribution in [3.63, 3.8) is 0 Å². The van der Waals surface area contributed by atoms with Gasteiger partial charge in [-0.3, -0.25) is 0 Å². The topological polar surface area (TPSA) is 17.8 Å². The van der Waals surface area contributed by atoms with Gasteiger partial charge in [-0.25, -0.2) is 4.98 Å². The molecule has 1 aromatic rings. The van der Waals surface area contributed by atoms with Crippen LogP contribution >= 0.6 is 0 Å². The third-order valence-corrected chi connectivity index (χ3v) is 1.86. The molecule has 1 heterocycles. The van der Waals surface area contributed by atoms with Crippen LogP contribution in [0.4, 0.5) is 0 Å². The molecule has 1 rings (SSSR count). The van der Waals surface area contributed by atoms with Crippen LogP contribution in [0.1, 0.15) is 25.6 Å². The first-order chi connectivity index (χ1) is 6.20. The fourth-order valence-electron chi connectivity index (χ4n) is 1.06. The molecule has 0 aromatic carbocycles. The van der Waals surface area contributed by atoms with Crippen molar-refractivity contribution in [1.29, 1.82) is 0 Å².